The van der Waals surface area contributed by atoms with Crippen LogP contribution < -0.4 is 0 Å². The number of nitrogens with zero attached hydrogens (tertiary/aromatic N) is 2. The van der Waals surface area contributed by atoms with Crippen LogP contribution in [0.5, 0.6) is 0 Å². The van der Waals surface area contributed by atoms with Gasteiger partial charge in [-0.3, -0.25) is 9.78 Å². The van der Waals surface area contributed by atoms with E-state index < -0.39 is 0 Å². The second-order valence-electron chi connectivity index (χ2n) is 6.32. The van der Waals surface area contributed by atoms with Crippen LogP contribution in [0.25, 0.3) is 33.3 Å². The molecule has 0 bridgehead atoms. The highest BCUT2D eigenvalue weighted by atomic mass is 19.1. The summed E-state index contributed by atoms with van der Waals surface area (Å²) < 4.78 is 15.3. The average molecular weight is 344 g/mol. The van der Waals surface area contributed by atoms with Crippen LogP contribution in [0, 0.1) is 5.82 Å². The number of aromatic nitrogens is 2. The third kappa shape index (κ3) is 2.60. The largest absolute Gasteiger partial charge is 0.343 e. The Bertz CT molecular complexity index is 1120. The van der Waals surface area contributed by atoms with Crippen LogP contribution >= 0.6 is 0 Å². The van der Waals surface area contributed by atoms with Gasteiger partial charge in [0, 0.05) is 36.0 Å². The topological polar surface area (TPSA) is 34.9 Å². The van der Waals surface area contributed by atoms with Gasteiger partial charge < -0.3 is 4.57 Å². The molecule has 26 heavy (non-hydrogen) atoms. The summed E-state index contributed by atoms with van der Waals surface area (Å²) in [4.78, 5) is 16.6. The number of fused-ring (bicyclic) bond motifs is 1. The zero-order chi connectivity index (χ0) is 18.3. The summed E-state index contributed by atoms with van der Waals surface area (Å²) in [6, 6.07) is 16.1. The Morgan fingerprint density at radius 2 is 1.77 bits per heavy atom. The fourth-order valence-electron chi connectivity index (χ4n) is 3.41. The zero-order valence-corrected chi connectivity index (χ0v) is 14.5. The van der Waals surface area contributed by atoms with E-state index in [9.17, 15) is 9.18 Å². The molecule has 2 heterocycles. The van der Waals surface area contributed by atoms with Crippen molar-refractivity contribution in [2.75, 3.05) is 0 Å². The minimum absolute atomic E-state index is 0.0284. The minimum Gasteiger partial charge on any atom is -0.343 e. The second-order valence-corrected chi connectivity index (χ2v) is 6.32. The van der Waals surface area contributed by atoms with Crippen LogP contribution in [0.3, 0.4) is 0 Å². The van der Waals surface area contributed by atoms with E-state index >= 15 is 0 Å². The number of rotatable bonds is 3. The van der Waals surface area contributed by atoms with Gasteiger partial charge in [0.2, 0.25) is 0 Å². The number of hydrogen-bond donors (Lipinski definition) is 0. The Balaban J connectivity index is 2.00. The molecule has 0 spiro atoms. The van der Waals surface area contributed by atoms with Gasteiger partial charge in [-0.25, -0.2) is 4.39 Å². The first kappa shape index (κ1) is 16.2. The van der Waals surface area contributed by atoms with Gasteiger partial charge in [-0.15, -0.1) is 0 Å². The van der Waals surface area contributed by atoms with E-state index in [1.54, 1.807) is 19.1 Å². The first-order chi connectivity index (χ1) is 12.6. The van der Waals surface area contributed by atoms with Gasteiger partial charge in [0.15, 0.2) is 5.78 Å². The van der Waals surface area contributed by atoms with Crippen LogP contribution in [0.15, 0.2) is 67.0 Å². The molecule has 128 valence electrons. The van der Waals surface area contributed by atoms with Gasteiger partial charge in [0.05, 0.1) is 11.4 Å². The molecule has 0 N–H and O–H groups in total. The van der Waals surface area contributed by atoms with Crippen molar-refractivity contribution in [2.45, 2.75) is 6.92 Å². The SMILES string of the molecule is CC(=O)c1cc(-c2cncc3ccccc23)n(C)c1-c1ccc(F)cc1. The van der Waals surface area contributed by atoms with E-state index in [0.717, 1.165) is 33.3 Å². The fourth-order valence-corrected chi connectivity index (χ4v) is 3.41. The summed E-state index contributed by atoms with van der Waals surface area (Å²) in [5, 5.41) is 2.11. The molecule has 0 unspecified atom stereocenters. The highest BCUT2D eigenvalue weighted by Gasteiger charge is 2.19. The number of benzene rings is 2. The van der Waals surface area contributed by atoms with Crippen molar-refractivity contribution >= 4 is 16.6 Å². The molecule has 2 aromatic heterocycles. The molecule has 4 rings (SSSR count). The maximum atomic E-state index is 13.3. The van der Waals surface area contributed by atoms with Gasteiger partial charge >= 0.3 is 0 Å². The molecule has 3 nitrogen and oxygen atoms in total. The first-order valence-electron chi connectivity index (χ1n) is 8.36. The highest BCUT2D eigenvalue weighted by molar-refractivity contribution is 6.04. The molecule has 0 aliphatic carbocycles. The summed E-state index contributed by atoms with van der Waals surface area (Å²) in [6.45, 7) is 1.55. The minimum atomic E-state index is -0.300. The van der Waals surface area contributed by atoms with Gasteiger partial charge in [-0.1, -0.05) is 24.3 Å². The molecular formula is C22H17FN2O. The van der Waals surface area contributed by atoms with Crippen LogP contribution in [0.2, 0.25) is 0 Å². The van der Waals surface area contributed by atoms with Crippen molar-refractivity contribution < 1.29 is 9.18 Å². The predicted octanol–water partition coefficient (Wildman–Crippen LogP) is 5.25. The Morgan fingerprint density at radius 1 is 1.04 bits per heavy atom. The number of carbonyl (C=O) groups excluding carboxylic acids is 1. The van der Waals surface area contributed by atoms with Crippen molar-refractivity contribution in [3.05, 3.63) is 78.4 Å². The van der Waals surface area contributed by atoms with E-state index in [0.29, 0.717) is 5.56 Å². The van der Waals surface area contributed by atoms with E-state index in [4.69, 9.17) is 0 Å². The molecule has 0 amide bonds. The fraction of sp³-hybridized carbons (Fsp3) is 0.0909. The Hall–Kier alpha value is -3.27. The lowest BCUT2D eigenvalue weighted by Crippen LogP contribution is -1.99. The summed E-state index contributed by atoms with van der Waals surface area (Å²) in [7, 11) is 1.92. The lowest BCUT2D eigenvalue weighted by Gasteiger charge is -2.11. The summed E-state index contributed by atoms with van der Waals surface area (Å²) >= 11 is 0. The van der Waals surface area contributed by atoms with Gasteiger partial charge in [-0.05, 0) is 48.2 Å². The van der Waals surface area contributed by atoms with Gasteiger partial charge in [-0.2, -0.15) is 0 Å². The molecule has 0 aliphatic heterocycles. The van der Waals surface area contributed by atoms with Crippen LogP contribution in [0.4, 0.5) is 4.39 Å². The van der Waals surface area contributed by atoms with Crippen molar-refractivity contribution in [3.63, 3.8) is 0 Å². The molecule has 0 fully saturated rings. The Morgan fingerprint density at radius 3 is 2.50 bits per heavy atom. The van der Waals surface area contributed by atoms with Crippen molar-refractivity contribution in [3.8, 4) is 22.5 Å². The number of ketones is 1. The van der Waals surface area contributed by atoms with Gasteiger partial charge in [0.1, 0.15) is 5.82 Å². The molecule has 2 aromatic carbocycles. The molecular weight excluding hydrogens is 327 g/mol. The predicted molar refractivity (Wildman–Crippen MR) is 102 cm³/mol. The Kier molecular flexibility index (Phi) is 3.88. The maximum absolute atomic E-state index is 13.3. The van der Waals surface area contributed by atoms with Crippen molar-refractivity contribution in [2.24, 2.45) is 7.05 Å². The summed E-state index contributed by atoms with van der Waals surface area (Å²) in [5.74, 6) is -0.329. The number of halogens is 1. The highest BCUT2D eigenvalue weighted by Crippen LogP contribution is 2.35. The van der Waals surface area contributed by atoms with Gasteiger partial charge in [0.25, 0.3) is 0 Å². The monoisotopic (exact) mass is 344 g/mol. The Labute approximate surface area is 150 Å². The quantitative estimate of drug-likeness (QED) is 0.476. The zero-order valence-electron chi connectivity index (χ0n) is 14.5. The third-order valence-corrected chi connectivity index (χ3v) is 4.67. The van der Waals surface area contributed by atoms with Crippen LogP contribution in [-0.2, 0) is 7.05 Å². The van der Waals surface area contributed by atoms with E-state index in [-0.39, 0.29) is 11.6 Å². The maximum Gasteiger partial charge on any atom is 0.161 e. The number of carbonyl (C=O) groups is 1. The number of pyridine rings is 1. The second kappa shape index (κ2) is 6.23. The number of hydrogen-bond acceptors (Lipinski definition) is 2. The smallest absolute Gasteiger partial charge is 0.161 e. The molecule has 4 aromatic rings. The summed E-state index contributed by atoms with van der Waals surface area (Å²) in [5.41, 5.74) is 4.06. The lowest BCUT2D eigenvalue weighted by molar-refractivity contribution is 0.101. The van der Waals surface area contributed by atoms with E-state index in [1.807, 2.05) is 54.3 Å². The lowest BCUT2D eigenvalue weighted by atomic mass is 10.0. The third-order valence-electron chi connectivity index (χ3n) is 4.67. The van der Waals surface area contributed by atoms with Crippen molar-refractivity contribution in [1.29, 1.82) is 0 Å². The molecule has 0 saturated carbocycles. The van der Waals surface area contributed by atoms with E-state index in [2.05, 4.69) is 4.98 Å². The normalized spacial score (nSPS) is 11.0. The van der Waals surface area contributed by atoms with Crippen molar-refractivity contribution in [1.82, 2.24) is 9.55 Å². The molecule has 0 radical (unpaired) electrons. The molecule has 0 aliphatic rings. The number of Topliss-reactive ketones (excluding diaryl/α,β-unsaturated/α-hetero) is 1. The first-order valence-corrected chi connectivity index (χ1v) is 8.36. The molecule has 0 atom stereocenters. The summed E-state index contributed by atoms with van der Waals surface area (Å²) in [6.07, 6.45) is 3.64. The molecule has 4 heteroatoms. The van der Waals surface area contributed by atoms with E-state index in [1.165, 1.54) is 12.1 Å². The van der Waals surface area contributed by atoms with Crippen LogP contribution in [0.1, 0.15) is 17.3 Å². The molecule has 0 saturated heterocycles. The standard InChI is InChI=1S/C22H17FN2O/c1-14(26)19-11-21(20-13-24-12-16-5-3-4-6-18(16)20)25(2)22(19)15-7-9-17(23)10-8-15/h3-13H,1-2H3. The average Bonchev–Trinajstić information content (AvgIpc) is 2.99. The van der Waals surface area contributed by atoms with Crippen LogP contribution in [-0.4, -0.2) is 15.3 Å².